The number of amides is 1. The quantitative estimate of drug-likeness (QED) is 0.757. The Morgan fingerprint density at radius 2 is 1.89 bits per heavy atom. The molecular weight excluding hydrogens is 427 g/mol. The molecule has 1 atom stereocenters. The van der Waals surface area contributed by atoms with Crippen LogP contribution in [0.5, 0.6) is 5.75 Å². The van der Waals surface area contributed by atoms with Gasteiger partial charge >= 0.3 is 12.0 Å². The van der Waals surface area contributed by atoms with Crippen molar-refractivity contribution in [2.24, 2.45) is 0 Å². The first-order chi connectivity index (χ1) is 12.7. The summed E-state index contributed by atoms with van der Waals surface area (Å²) in [7, 11) is 0. The molecule has 1 heterocycles. The Morgan fingerprint density at radius 3 is 2.56 bits per heavy atom. The molecule has 1 unspecified atom stereocenters. The first-order valence-electron chi connectivity index (χ1n) is 7.98. The number of fused-ring (bicyclic) bond motifs is 1. The van der Waals surface area contributed by atoms with Crippen LogP contribution in [-0.2, 0) is 11.2 Å². The Kier molecular flexibility index (Phi) is 5.30. The van der Waals surface area contributed by atoms with Crippen molar-refractivity contribution < 1.29 is 27.8 Å². The zero-order chi connectivity index (χ0) is 19.7. The van der Waals surface area contributed by atoms with Gasteiger partial charge in [0.25, 0.3) is 0 Å². The minimum atomic E-state index is -5.08. The van der Waals surface area contributed by atoms with Crippen molar-refractivity contribution >= 4 is 27.9 Å². The number of aliphatic hydroxyl groups is 1. The number of alkyl halides is 3. The van der Waals surface area contributed by atoms with Crippen molar-refractivity contribution in [3.63, 3.8) is 0 Å². The SMILES string of the molecule is O=C(Cc1ccccc1)NCC1=Cc2cc(Br)ccc2OC1(O)C(F)(F)F. The third-order valence-electron chi connectivity index (χ3n) is 4.06. The molecule has 8 heteroatoms. The predicted molar refractivity (Wildman–Crippen MR) is 96.9 cm³/mol. The molecule has 0 aromatic heterocycles. The molecule has 2 aromatic rings. The van der Waals surface area contributed by atoms with Crippen LogP contribution in [0, 0.1) is 0 Å². The van der Waals surface area contributed by atoms with Crippen molar-refractivity contribution in [3.8, 4) is 5.75 Å². The average Bonchev–Trinajstić information content (AvgIpc) is 2.60. The van der Waals surface area contributed by atoms with Crippen LogP contribution < -0.4 is 10.1 Å². The Hall–Kier alpha value is -2.32. The van der Waals surface area contributed by atoms with Gasteiger partial charge in [-0.2, -0.15) is 13.2 Å². The van der Waals surface area contributed by atoms with Crippen LogP contribution in [0.4, 0.5) is 13.2 Å². The minimum absolute atomic E-state index is 0.0154. The van der Waals surface area contributed by atoms with Gasteiger partial charge in [-0.3, -0.25) is 4.79 Å². The summed E-state index contributed by atoms with van der Waals surface area (Å²) in [6.45, 7) is -0.506. The van der Waals surface area contributed by atoms with Gasteiger partial charge in [-0.25, -0.2) is 0 Å². The fourth-order valence-corrected chi connectivity index (χ4v) is 3.06. The van der Waals surface area contributed by atoms with E-state index in [1.54, 1.807) is 36.4 Å². The van der Waals surface area contributed by atoms with Gasteiger partial charge in [-0.15, -0.1) is 0 Å². The number of nitrogens with one attached hydrogen (secondary N) is 1. The lowest BCUT2D eigenvalue weighted by molar-refractivity contribution is -0.317. The van der Waals surface area contributed by atoms with Crippen LogP contribution in [-0.4, -0.2) is 29.5 Å². The van der Waals surface area contributed by atoms with E-state index in [1.807, 2.05) is 0 Å². The van der Waals surface area contributed by atoms with E-state index in [1.165, 1.54) is 18.2 Å². The lowest BCUT2D eigenvalue weighted by atomic mass is 9.97. The number of hydrogen-bond acceptors (Lipinski definition) is 3. The summed E-state index contributed by atoms with van der Waals surface area (Å²) in [6.07, 6.45) is -3.88. The molecule has 1 aliphatic heterocycles. The van der Waals surface area contributed by atoms with Crippen molar-refractivity contribution in [3.05, 3.63) is 69.7 Å². The van der Waals surface area contributed by atoms with E-state index < -0.39 is 30.0 Å². The van der Waals surface area contributed by atoms with Gasteiger partial charge in [0.2, 0.25) is 5.91 Å². The van der Waals surface area contributed by atoms with Crippen molar-refractivity contribution in [2.45, 2.75) is 18.4 Å². The zero-order valence-corrected chi connectivity index (χ0v) is 15.5. The molecule has 0 fully saturated rings. The topological polar surface area (TPSA) is 58.6 Å². The number of benzene rings is 2. The molecule has 0 aliphatic carbocycles. The predicted octanol–water partition coefficient (Wildman–Crippen LogP) is 3.83. The number of rotatable bonds is 4. The fourth-order valence-electron chi connectivity index (χ4n) is 2.68. The van der Waals surface area contributed by atoms with Gasteiger partial charge in [-0.05, 0) is 29.8 Å². The second kappa shape index (κ2) is 7.36. The van der Waals surface area contributed by atoms with Crippen LogP contribution in [0.15, 0.2) is 58.6 Å². The van der Waals surface area contributed by atoms with Gasteiger partial charge in [0.05, 0.1) is 6.42 Å². The second-order valence-electron chi connectivity index (χ2n) is 6.03. The maximum absolute atomic E-state index is 13.5. The molecule has 0 bridgehead atoms. The molecule has 2 aromatic carbocycles. The normalized spacial score (nSPS) is 18.9. The zero-order valence-electron chi connectivity index (χ0n) is 13.9. The first-order valence-corrected chi connectivity index (χ1v) is 8.78. The Bertz CT molecular complexity index is 884. The van der Waals surface area contributed by atoms with Crippen LogP contribution in [0.3, 0.4) is 0 Å². The maximum atomic E-state index is 13.5. The fraction of sp³-hybridized carbons (Fsp3) is 0.211. The summed E-state index contributed by atoms with van der Waals surface area (Å²) in [6, 6.07) is 13.2. The highest BCUT2D eigenvalue weighted by Crippen LogP contribution is 2.43. The van der Waals surface area contributed by atoms with Crippen LogP contribution in [0.1, 0.15) is 11.1 Å². The van der Waals surface area contributed by atoms with E-state index in [9.17, 15) is 23.1 Å². The van der Waals surface area contributed by atoms with E-state index >= 15 is 0 Å². The number of hydrogen-bond donors (Lipinski definition) is 2. The minimum Gasteiger partial charge on any atom is -0.449 e. The van der Waals surface area contributed by atoms with Crippen molar-refractivity contribution in [1.82, 2.24) is 5.32 Å². The maximum Gasteiger partial charge on any atom is 0.460 e. The summed E-state index contributed by atoms with van der Waals surface area (Å²) in [5, 5.41) is 12.6. The lowest BCUT2D eigenvalue weighted by Crippen LogP contribution is -2.55. The average molecular weight is 442 g/mol. The molecule has 0 saturated carbocycles. The van der Waals surface area contributed by atoms with Crippen molar-refractivity contribution in [1.29, 1.82) is 0 Å². The molecule has 4 nitrogen and oxygen atoms in total. The van der Waals surface area contributed by atoms with Crippen LogP contribution >= 0.6 is 15.9 Å². The molecule has 3 rings (SSSR count). The molecule has 1 amide bonds. The van der Waals surface area contributed by atoms with Gasteiger partial charge in [-0.1, -0.05) is 46.3 Å². The second-order valence-corrected chi connectivity index (χ2v) is 6.95. The van der Waals surface area contributed by atoms with Gasteiger partial charge < -0.3 is 15.2 Å². The molecule has 1 aliphatic rings. The Balaban J connectivity index is 1.82. The van der Waals surface area contributed by atoms with E-state index in [0.29, 0.717) is 10.0 Å². The third kappa shape index (κ3) is 4.17. The largest absolute Gasteiger partial charge is 0.460 e. The summed E-state index contributed by atoms with van der Waals surface area (Å²) in [5.41, 5.74) is 0.594. The molecule has 0 radical (unpaired) electrons. The number of ether oxygens (including phenoxy) is 1. The van der Waals surface area contributed by atoms with E-state index in [2.05, 4.69) is 21.2 Å². The first kappa shape index (κ1) is 19.4. The number of carbonyl (C=O) groups is 1. The molecule has 27 heavy (non-hydrogen) atoms. The van der Waals surface area contributed by atoms with Crippen molar-refractivity contribution in [2.75, 3.05) is 6.54 Å². The van der Waals surface area contributed by atoms with E-state index in [-0.39, 0.29) is 12.2 Å². The summed E-state index contributed by atoms with van der Waals surface area (Å²) >= 11 is 3.24. The number of halogens is 4. The summed E-state index contributed by atoms with van der Waals surface area (Å²) in [4.78, 5) is 12.1. The molecule has 0 spiro atoms. The number of carbonyl (C=O) groups excluding carboxylic acids is 1. The Labute approximate surface area is 161 Å². The lowest BCUT2D eigenvalue weighted by Gasteiger charge is -2.36. The van der Waals surface area contributed by atoms with Crippen LogP contribution in [0.25, 0.3) is 6.08 Å². The highest BCUT2D eigenvalue weighted by molar-refractivity contribution is 9.10. The Morgan fingerprint density at radius 1 is 1.19 bits per heavy atom. The summed E-state index contributed by atoms with van der Waals surface area (Å²) in [5.74, 6) is -4.07. The molecule has 2 N–H and O–H groups in total. The monoisotopic (exact) mass is 441 g/mol. The van der Waals surface area contributed by atoms with E-state index in [4.69, 9.17) is 4.74 Å². The summed E-state index contributed by atoms with van der Waals surface area (Å²) < 4.78 is 46.0. The molecule has 142 valence electrons. The van der Waals surface area contributed by atoms with Crippen LogP contribution in [0.2, 0.25) is 0 Å². The van der Waals surface area contributed by atoms with Gasteiger partial charge in [0.1, 0.15) is 5.75 Å². The smallest absolute Gasteiger partial charge is 0.449 e. The molecule has 0 saturated heterocycles. The highest BCUT2D eigenvalue weighted by atomic mass is 79.9. The molecular formula is C19H15BrF3NO3. The third-order valence-corrected chi connectivity index (χ3v) is 4.56. The standard InChI is InChI=1S/C19H15BrF3NO3/c20-15-6-7-16-13(10-15)9-14(18(26,27-16)19(21,22)23)11-24-17(25)8-12-4-2-1-3-5-12/h1-7,9-10,26H,8,11H2,(H,24,25). The highest BCUT2D eigenvalue weighted by Gasteiger charge is 2.60. The van der Waals surface area contributed by atoms with Gasteiger partial charge in [0, 0.05) is 22.2 Å². The van der Waals surface area contributed by atoms with Gasteiger partial charge in [0.15, 0.2) is 0 Å². The van der Waals surface area contributed by atoms with E-state index in [0.717, 1.165) is 5.56 Å².